The van der Waals surface area contributed by atoms with Gasteiger partial charge in [0.1, 0.15) is 0 Å². The number of piperidine rings is 1. The minimum absolute atomic E-state index is 0.315. The van der Waals surface area contributed by atoms with Gasteiger partial charge in [0.05, 0.1) is 0 Å². The second-order valence-electron chi connectivity index (χ2n) is 5.80. The molecule has 0 amide bonds. The molecule has 1 unspecified atom stereocenters. The quantitative estimate of drug-likeness (QED) is 0.878. The van der Waals surface area contributed by atoms with Gasteiger partial charge in [-0.05, 0) is 64.4 Å². The maximum atomic E-state index is 3.60. The van der Waals surface area contributed by atoms with Crippen LogP contribution in [0.1, 0.15) is 30.4 Å². The molecule has 100 valence electrons. The standard InChI is InChI=1S/C16H26N2/c1-14-7-4-5-8-15(14)9-11-16(17-2)10-6-12-18(3)13-16/h4-5,7-8,17H,6,9-13H2,1-3H3. The average molecular weight is 246 g/mol. The third-order valence-corrected chi connectivity index (χ3v) is 4.43. The van der Waals surface area contributed by atoms with Crippen molar-refractivity contribution in [2.24, 2.45) is 0 Å². The zero-order chi connectivity index (χ0) is 13.0. The van der Waals surface area contributed by atoms with Gasteiger partial charge >= 0.3 is 0 Å². The van der Waals surface area contributed by atoms with Crippen LogP contribution in [0.2, 0.25) is 0 Å². The lowest BCUT2D eigenvalue weighted by Gasteiger charge is -2.41. The molecular weight excluding hydrogens is 220 g/mol. The van der Waals surface area contributed by atoms with E-state index in [2.05, 4.69) is 55.5 Å². The molecule has 0 aliphatic carbocycles. The van der Waals surface area contributed by atoms with Crippen molar-refractivity contribution in [2.75, 3.05) is 27.2 Å². The van der Waals surface area contributed by atoms with Crippen LogP contribution in [0.4, 0.5) is 0 Å². The highest BCUT2D eigenvalue weighted by atomic mass is 15.2. The molecule has 1 fully saturated rings. The molecule has 2 nitrogen and oxygen atoms in total. The van der Waals surface area contributed by atoms with Crippen molar-refractivity contribution in [3.05, 3.63) is 35.4 Å². The van der Waals surface area contributed by atoms with E-state index >= 15 is 0 Å². The first kappa shape index (κ1) is 13.6. The van der Waals surface area contributed by atoms with Gasteiger partial charge in [-0.2, -0.15) is 0 Å². The Labute approximate surface area is 111 Å². The van der Waals surface area contributed by atoms with Crippen LogP contribution < -0.4 is 5.32 Å². The molecule has 2 rings (SSSR count). The summed E-state index contributed by atoms with van der Waals surface area (Å²) in [7, 11) is 4.36. The van der Waals surface area contributed by atoms with Crippen molar-refractivity contribution in [3.63, 3.8) is 0 Å². The van der Waals surface area contributed by atoms with E-state index in [-0.39, 0.29) is 0 Å². The normalized spacial score (nSPS) is 25.3. The van der Waals surface area contributed by atoms with E-state index in [1.54, 1.807) is 0 Å². The number of hydrogen-bond acceptors (Lipinski definition) is 2. The molecule has 1 atom stereocenters. The minimum atomic E-state index is 0.315. The summed E-state index contributed by atoms with van der Waals surface area (Å²) < 4.78 is 0. The number of likely N-dealkylation sites (tertiary alicyclic amines) is 1. The van der Waals surface area contributed by atoms with Crippen LogP contribution in [0.5, 0.6) is 0 Å². The molecule has 0 aromatic heterocycles. The van der Waals surface area contributed by atoms with Crippen molar-refractivity contribution < 1.29 is 0 Å². The predicted molar refractivity (Wildman–Crippen MR) is 78.0 cm³/mol. The maximum Gasteiger partial charge on any atom is 0.0309 e. The van der Waals surface area contributed by atoms with E-state index in [4.69, 9.17) is 0 Å². The lowest BCUT2D eigenvalue weighted by Crippen LogP contribution is -2.55. The Bertz CT molecular complexity index is 388. The first-order chi connectivity index (χ1) is 8.65. The summed E-state index contributed by atoms with van der Waals surface area (Å²) in [5.74, 6) is 0. The molecule has 2 heteroatoms. The van der Waals surface area contributed by atoms with E-state index < -0.39 is 0 Å². The van der Waals surface area contributed by atoms with E-state index in [0.717, 1.165) is 0 Å². The number of nitrogens with one attached hydrogen (secondary N) is 1. The number of aryl methyl sites for hydroxylation is 2. The van der Waals surface area contributed by atoms with Gasteiger partial charge in [0.15, 0.2) is 0 Å². The summed E-state index contributed by atoms with van der Waals surface area (Å²) in [6.45, 7) is 4.64. The summed E-state index contributed by atoms with van der Waals surface area (Å²) in [5, 5.41) is 3.60. The molecule has 0 radical (unpaired) electrons. The van der Waals surface area contributed by atoms with Crippen LogP contribution in [-0.2, 0) is 6.42 Å². The zero-order valence-corrected chi connectivity index (χ0v) is 12.0. The molecule has 0 spiro atoms. The first-order valence-corrected chi connectivity index (χ1v) is 7.07. The van der Waals surface area contributed by atoms with Gasteiger partial charge in [-0.25, -0.2) is 0 Å². The van der Waals surface area contributed by atoms with Crippen LogP contribution >= 0.6 is 0 Å². The largest absolute Gasteiger partial charge is 0.313 e. The molecule has 1 aromatic rings. The van der Waals surface area contributed by atoms with Gasteiger partial charge < -0.3 is 10.2 Å². The van der Waals surface area contributed by atoms with Crippen LogP contribution in [0.3, 0.4) is 0 Å². The minimum Gasteiger partial charge on any atom is -0.313 e. The molecule has 0 bridgehead atoms. The van der Waals surface area contributed by atoms with Crippen LogP contribution in [0.25, 0.3) is 0 Å². The van der Waals surface area contributed by atoms with E-state index in [9.17, 15) is 0 Å². The van der Waals surface area contributed by atoms with Crippen LogP contribution in [-0.4, -0.2) is 37.6 Å². The number of hydrogen-bond donors (Lipinski definition) is 1. The second kappa shape index (κ2) is 5.85. The molecule has 1 saturated heterocycles. The molecule has 1 aliphatic rings. The summed E-state index contributed by atoms with van der Waals surface area (Å²) in [6.07, 6.45) is 5.03. The third-order valence-electron chi connectivity index (χ3n) is 4.43. The van der Waals surface area contributed by atoms with E-state index in [0.29, 0.717) is 5.54 Å². The summed E-state index contributed by atoms with van der Waals surface area (Å²) in [5.41, 5.74) is 3.24. The summed E-state index contributed by atoms with van der Waals surface area (Å²) in [4.78, 5) is 2.46. The van der Waals surface area contributed by atoms with Gasteiger partial charge in [0, 0.05) is 12.1 Å². The predicted octanol–water partition coefficient (Wildman–Crippen LogP) is 2.61. The van der Waals surface area contributed by atoms with Gasteiger partial charge in [0.25, 0.3) is 0 Å². The van der Waals surface area contributed by atoms with E-state index in [1.807, 2.05) is 0 Å². The Morgan fingerprint density at radius 1 is 1.33 bits per heavy atom. The lowest BCUT2D eigenvalue weighted by atomic mass is 9.83. The Morgan fingerprint density at radius 3 is 2.78 bits per heavy atom. The second-order valence-corrected chi connectivity index (χ2v) is 5.80. The summed E-state index contributed by atoms with van der Waals surface area (Å²) in [6, 6.07) is 8.77. The SMILES string of the molecule is CNC1(CCc2ccccc2C)CCCN(C)C1. The van der Waals surface area contributed by atoms with E-state index in [1.165, 1.54) is 49.9 Å². The topological polar surface area (TPSA) is 15.3 Å². The van der Waals surface area contributed by atoms with Crippen molar-refractivity contribution in [1.29, 1.82) is 0 Å². The Morgan fingerprint density at radius 2 is 2.11 bits per heavy atom. The molecule has 1 aliphatic heterocycles. The molecule has 0 saturated carbocycles. The fourth-order valence-corrected chi connectivity index (χ4v) is 3.16. The molecular formula is C16H26N2. The smallest absolute Gasteiger partial charge is 0.0309 e. The lowest BCUT2D eigenvalue weighted by molar-refractivity contribution is 0.143. The Balaban J connectivity index is 2.01. The molecule has 18 heavy (non-hydrogen) atoms. The first-order valence-electron chi connectivity index (χ1n) is 7.07. The van der Waals surface area contributed by atoms with Crippen molar-refractivity contribution in [2.45, 2.75) is 38.1 Å². The monoisotopic (exact) mass is 246 g/mol. The molecule has 1 heterocycles. The molecule has 1 aromatic carbocycles. The summed E-state index contributed by atoms with van der Waals surface area (Å²) >= 11 is 0. The van der Waals surface area contributed by atoms with Gasteiger partial charge in [-0.15, -0.1) is 0 Å². The van der Waals surface area contributed by atoms with Crippen molar-refractivity contribution in [3.8, 4) is 0 Å². The van der Waals surface area contributed by atoms with Gasteiger partial charge in [0.2, 0.25) is 0 Å². The van der Waals surface area contributed by atoms with Gasteiger partial charge in [-0.3, -0.25) is 0 Å². The van der Waals surface area contributed by atoms with Crippen molar-refractivity contribution >= 4 is 0 Å². The highest BCUT2D eigenvalue weighted by molar-refractivity contribution is 5.26. The highest BCUT2D eigenvalue weighted by Crippen LogP contribution is 2.25. The number of likely N-dealkylation sites (N-methyl/N-ethyl adjacent to an activating group) is 2. The molecule has 1 N–H and O–H groups in total. The Hall–Kier alpha value is -0.860. The van der Waals surface area contributed by atoms with Gasteiger partial charge in [-0.1, -0.05) is 24.3 Å². The zero-order valence-electron chi connectivity index (χ0n) is 12.0. The highest BCUT2D eigenvalue weighted by Gasteiger charge is 2.32. The fraction of sp³-hybridized carbons (Fsp3) is 0.625. The Kier molecular flexibility index (Phi) is 4.41. The number of benzene rings is 1. The average Bonchev–Trinajstić information content (AvgIpc) is 2.38. The van der Waals surface area contributed by atoms with Crippen LogP contribution in [0.15, 0.2) is 24.3 Å². The number of rotatable bonds is 4. The third kappa shape index (κ3) is 3.12. The fourth-order valence-electron chi connectivity index (χ4n) is 3.16. The van der Waals surface area contributed by atoms with Crippen molar-refractivity contribution in [1.82, 2.24) is 10.2 Å². The number of nitrogens with zero attached hydrogens (tertiary/aromatic N) is 1. The van der Waals surface area contributed by atoms with Crippen LogP contribution in [0, 0.1) is 6.92 Å². The maximum absolute atomic E-state index is 3.60.